The topological polar surface area (TPSA) is 56.6 Å². The van der Waals surface area contributed by atoms with Gasteiger partial charge in [-0.05, 0) is 63.1 Å². The maximum atomic E-state index is 13.1. The minimum atomic E-state index is 0.0137. The van der Waals surface area contributed by atoms with E-state index in [0.29, 0.717) is 26.2 Å². The number of amides is 1. The molecule has 5 rings (SSSR count). The van der Waals surface area contributed by atoms with Gasteiger partial charge in [-0.25, -0.2) is 4.98 Å². The van der Waals surface area contributed by atoms with E-state index < -0.39 is 0 Å². The van der Waals surface area contributed by atoms with E-state index in [1.807, 2.05) is 60.4 Å². The summed E-state index contributed by atoms with van der Waals surface area (Å²) in [5, 5.41) is 0. The van der Waals surface area contributed by atoms with E-state index in [2.05, 4.69) is 36.6 Å². The third-order valence-corrected chi connectivity index (χ3v) is 6.74. The molecule has 0 N–H and O–H groups in total. The number of ether oxygens (including phenoxy) is 2. The molecule has 1 aromatic heterocycles. The molecule has 1 aliphatic rings. The fourth-order valence-corrected chi connectivity index (χ4v) is 5.08. The second-order valence-electron chi connectivity index (χ2n) is 9.39. The molecular formula is C30H33N3O3. The van der Waals surface area contributed by atoms with Crippen molar-refractivity contribution in [3.8, 4) is 11.5 Å². The van der Waals surface area contributed by atoms with Crippen molar-refractivity contribution in [2.75, 3.05) is 24.7 Å². The smallest absolute Gasteiger partial charge is 0.227 e. The highest BCUT2D eigenvalue weighted by molar-refractivity contribution is 5.97. The summed E-state index contributed by atoms with van der Waals surface area (Å²) >= 11 is 0. The molecule has 0 unspecified atom stereocenters. The number of carbonyl (C=O) groups is 1. The van der Waals surface area contributed by atoms with Gasteiger partial charge >= 0.3 is 0 Å². The van der Waals surface area contributed by atoms with Gasteiger partial charge in [0.1, 0.15) is 17.3 Å². The van der Waals surface area contributed by atoms with Crippen LogP contribution < -0.4 is 14.4 Å². The lowest BCUT2D eigenvalue weighted by molar-refractivity contribution is -0.117. The van der Waals surface area contributed by atoms with E-state index in [9.17, 15) is 4.79 Å². The highest BCUT2D eigenvalue weighted by Gasteiger charge is 2.35. The van der Waals surface area contributed by atoms with Crippen LogP contribution in [-0.4, -0.2) is 35.2 Å². The van der Waals surface area contributed by atoms with Gasteiger partial charge in [0.05, 0.1) is 29.9 Å². The van der Waals surface area contributed by atoms with Crippen LogP contribution in [0.1, 0.15) is 42.6 Å². The summed E-state index contributed by atoms with van der Waals surface area (Å²) < 4.78 is 14.2. The summed E-state index contributed by atoms with van der Waals surface area (Å²) in [4.78, 5) is 20.0. The normalized spacial score (nSPS) is 15.6. The van der Waals surface area contributed by atoms with Gasteiger partial charge in [-0.2, -0.15) is 0 Å². The molecule has 1 amide bonds. The highest BCUT2D eigenvalue weighted by Crippen LogP contribution is 2.37. The van der Waals surface area contributed by atoms with E-state index in [1.165, 1.54) is 5.56 Å². The van der Waals surface area contributed by atoms with Crippen LogP contribution in [0.25, 0.3) is 11.0 Å². The largest absolute Gasteiger partial charge is 0.493 e. The predicted octanol–water partition coefficient (Wildman–Crippen LogP) is 6.04. The van der Waals surface area contributed by atoms with Gasteiger partial charge in [0, 0.05) is 25.4 Å². The number of hydrogen-bond donors (Lipinski definition) is 0. The molecule has 6 nitrogen and oxygen atoms in total. The van der Waals surface area contributed by atoms with E-state index >= 15 is 0 Å². The molecule has 186 valence electrons. The molecule has 0 bridgehead atoms. The van der Waals surface area contributed by atoms with Crippen LogP contribution in [0.4, 0.5) is 5.69 Å². The van der Waals surface area contributed by atoms with Crippen molar-refractivity contribution >= 4 is 22.6 Å². The number of aryl methyl sites for hydroxylation is 3. The highest BCUT2D eigenvalue weighted by atomic mass is 16.5. The zero-order valence-corrected chi connectivity index (χ0v) is 21.2. The Morgan fingerprint density at radius 3 is 2.61 bits per heavy atom. The van der Waals surface area contributed by atoms with Gasteiger partial charge in [0.15, 0.2) is 0 Å². The van der Waals surface area contributed by atoms with Crippen LogP contribution in [-0.2, 0) is 11.3 Å². The maximum Gasteiger partial charge on any atom is 0.227 e. The monoisotopic (exact) mass is 483 g/mol. The van der Waals surface area contributed by atoms with Crippen molar-refractivity contribution in [1.82, 2.24) is 9.55 Å². The Labute approximate surface area is 212 Å². The summed E-state index contributed by atoms with van der Waals surface area (Å²) in [5.74, 6) is 2.75. The number of anilines is 1. The van der Waals surface area contributed by atoms with Crippen molar-refractivity contribution in [1.29, 1.82) is 0 Å². The number of rotatable bonds is 9. The molecule has 0 radical (unpaired) electrons. The summed E-state index contributed by atoms with van der Waals surface area (Å²) in [6.45, 7) is 8.67. The van der Waals surface area contributed by atoms with Crippen molar-refractivity contribution in [2.45, 2.75) is 46.1 Å². The maximum absolute atomic E-state index is 13.1. The van der Waals surface area contributed by atoms with Crippen LogP contribution in [0.5, 0.6) is 11.5 Å². The number of aromatic nitrogens is 2. The van der Waals surface area contributed by atoms with Crippen LogP contribution in [0.3, 0.4) is 0 Å². The zero-order valence-electron chi connectivity index (χ0n) is 21.2. The van der Waals surface area contributed by atoms with Crippen LogP contribution in [0.2, 0.25) is 0 Å². The first-order valence-electron chi connectivity index (χ1n) is 12.7. The third-order valence-electron chi connectivity index (χ3n) is 6.74. The fourth-order valence-electron chi connectivity index (χ4n) is 5.08. The first kappa shape index (κ1) is 23.9. The summed E-state index contributed by atoms with van der Waals surface area (Å²) in [6, 6.07) is 22.2. The number of para-hydroxylation sites is 4. The molecule has 6 heteroatoms. The Morgan fingerprint density at radius 2 is 1.78 bits per heavy atom. The number of fused-ring (bicyclic) bond motifs is 1. The minimum absolute atomic E-state index is 0.0137. The molecule has 0 aliphatic carbocycles. The molecule has 0 saturated carbocycles. The first-order chi connectivity index (χ1) is 17.5. The van der Waals surface area contributed by atoms with Crippen molar-refractivity contribution in [3.05, 3.63) is 83.7 Å². The minimum Gasteiger partial charge on any atom is -0.493 e. The van der Waals surface area contributed by atoms with Crippen molar-refractivity contribution < 1.29 is 14.3 Å². The average Bonchev–Trinajstić information content (AvgIpc) is 3.44. The lowest BCUT2D eigenvalue weighted by atomic mass is 10.1. The molecular weight excluding hydrogens is 450 g/mol. The second kappa shape index (κ2) is 10.4. The third kappa shape index (κ3) is 4.81. The lowest BCUT2D eigenvalue weighted by Gasteiger charge is -2.20. The molecule has 1 aliphatic heterocycles. The quantitative estimate of drug-likeness (QED) is 0.272. The number of carbonyl (C=O) groups excluding carboxylic acids is 1. The van der Waals surface area contributed by atoms with Gasteiger partial charge in [-0.15, -0.1) is 0 Å². The standard InChI is InChI=1S/C30H33N3O3/c1-4-35-28-13-8-7-12-26(28)33-20-23(19-29(33)34)30-31-24-10-5-6-11-25(24)32(30)16-9-17-36-27-15-14-21(2)18-22(27)3/h5-8,10-15,18,23H,4,9,16-17,19-20H2,1-3H3/t23-/m1/s1. The van der Waals surface area contributed by atoms with Gasteiger partial charge in [0.2, 0.25) is 5.91 Å². The Hall–Kier alpha value is -3.80. The Bertz CT molecular complexity index is 1380. The zero-order chi connectivity index (χ0) is 25.1. The predicted molar refractivity (Wildman–Crippen MR) is 143 cm³/mol. The van der Waals surface area contributed by atoms with Gasteiger partial charge < -0.3 is 18.9 Å². The SMILES string of the molecule is CCOc1ccccc1N1C[C@H](c2nc3ccccc3n2CCCOc2ccc(C)cc2C)CC1=O. The molecule has 36 heavy (non-hydrogen) atoms. The molecule has 3 aromatic carbocycles. The van der Waals surface area contributed by atoms with Crippen molar-refractivity contribution in [3.63, 3.8) is 0 Å². The molecule has 2 heterocycles. The summed E-state index contributed by atoms with van der Waals surface area (Å²) in [5.41, 5.74) is 5.28. The Kier molecular flexibility index (Phi) is 6.94. The Balaban J connectivity index is 1.35. The summed E-state index contributed by atoms with van der Waals surface area (Å²) in [7, 11) is 0. The molecule has 0 spiro atoms. The van der Waals surface area contributed by atoms with E-state index in [0.717, 1.165) is 52.6 Å². The van der Waals surface area contributed by atoms with Crippen LogP contribution in [0, 0.1) is 13.8 Å². The number of hydrogen-bond acceptors (Lipinski definition) is 4. The number of nitrogens with zero attached hydrogens (tertiary/aromatic N) is 3. The fraction of sp³-hybridized carbons (Fsp3) is 0.333. The van der Waals surface area contributed by atoms with Gasteiger partial charge in [0.25, 0.3) is 0 Å². The van der Waals surface area contributed by atoms with E-state index in [-0.39, 0.29) is 11.8 Å². The van der Waals surface area contributed by atoms with Gasteiger partial charge in [-0.3, -0.25) is 4.79 Å². The van der Waals surface area contributed by atoms with Gasteiger partial charge in [-0.1, -0.05) is 42.0 Å². The van der Waals surface area contributed by atoms with E-state index in [1.54, 1.807) is 0 Å². The number of imidazole rings is 1. The van der Waals surface area contributed by atoms with Crippen LogP contribution >= 0.6 is 0 Å². The summed E-state index contributed by atoms with van der Waals surface area (Å²) in [6.07, 6.45) is 1.28. The van der Waals surface area contributed by atoms with Crippen LogP contribution in [0.15, 0.2) is 66.7 Å². The molecule has 1 saturated heterocycles. The second-order valence-corrected chi connectivity index (χ2v) is 9.39. The lowest BCUT2D eigenvalue weighted by Crippen LogP contribution is -2.25. The first-order valence-corrected chi connectivity index (χ1v) is 12.7. The van der Waals surface area contributed by atoms with Crippen molar-refractivity contribution in [2.24, 2.45) is 0 Å². The Morgan fingerprint density at radius 1 is 0.972 bits per heavy atom. The van der Waals surface area contributed by atoms with E-state index in [4.69, 9.17) is 14.5 Å². The number of benzene rings is 3. The molecule has 1 atom stereocenters. The molecule has 1 fully saturated rings. The molecule has 4 aromatic rings. The average molecular weight is 484 g/mol.